The van der Waals surface area contributed by atoms with Crippen LogP contribution in [0, 0.1) is 11.2 Å². The maximum atomic E-state index is 13.6. The number of nitrogen functional groups attached to an aromatic ring is 1. The minimum absolute atomic E-state index is 0.0260. The van der Waals surface area contributed by atoms with Crippen molar-refractivity contribution < 1.29 is 13.9 Å². The van der Waals surface area contributed by atoms with Gasteiger partial charge in [-0.1, -0.05) is 6.92 Å². The number of amides is 1. The Morgan fingerprint density at radius 3 is 2.79 bits per heavy atom. The summed E-state index contributed by atoms with van der Waals surface area (Å²) in [5, 5.41) is 2.79. The lowest BCUT2D eigenvalue weighted by atomic mass is 9.82. The first-order valence-corrected chi connectivity index (χ1v) is 6.41. The highest BCUT2D eigenvalue weighted by molar-refractivity contribution is 5.94. The molecule has 0 bridgehead atoms. The molecule has 104 valence electrons. The Morgan fingerprint density at radius 1 is 1.47 bits per heavy atom. The molecule has 1 aliphatic rings. The lowest BCUT2D eigenvalue weighted by Gasteiger charge is -2.33. The van der Waals surface area contributed by atoms with Crippen molar-refractivity contribution in [1.29, 1.82) is 0 Å². The Kier molecular flexibility index (Phi) is 4.04. The summed E-state index contributed by atoms with van der Waals surface area (Å²) >= 11 is 0. The second-order valence-corrected chi connectivity index (χ2v) is 5.34. The SMILES string of the molecule is CC1(CNC(=O)c2ccc(N)cc2F)CCOCC1. The van der Waals surface area contributed by atoms with Crippen molar-refractivity contribution in [3.8, 4) is 0 Å². The van der Waals surface area contributed by atoms with Gasteiger partial charge < -0.3 is 15.8 Å². The maximum Gasteiger partial charge on any atom is 0.254 e. The molecule has 5 heteroatoms. The average Bonchev–Trinajstić information content (AvgIpc) is 2.37. The van der Waals surface area contributed by atoms with Crippen LogP contribution in [-0.4, -0.2) is 25.7 Å². The van der Waals surface area contributed by atoms with E-state index in [1.807, 2.05) is 0 Å². The van der Waals surface area contributed by atoms with E-state index in [-0.39, 0.29) is 11.0 Å². The van der Waals surface area contributed by atoms with Gasteiger partial charge in [-0.05, 0) is 36.5 Å². The number of halogens is 1. The second-order valence-electron chi connectivity index (χ2n) is 5.34. The summed E-state index contributed by atoms with van der Waals surface area (Å²) in [4.78, 5) is 11.9. The highest BCUT2D eigenvalue weighted by atomic mass is 19.1. The van der Waals surface area contributed by atoms with Gasteiger partial charge in [0.2, 0.25) is 0 Å². The molecule has 1 amide bonds. The van der Waals surface area contributed by atoms with Crippen molar-refractivity contribution >= 4 is 11.6 Å². The Balaban J connectivity index is 1.97. The molecule has 2 rings (SSSR count). The number of ether oxygens (including phenoxy) is 1. The number of hydrogen-bond acceptors (Lipinski definition) is 3. The van der Waals surface area contributed by atoms with Crippen LogP contribution in [0.4, 0.5) is 10.1 Å². The first-order chi connectivity index (χ1) is 9.00. The van der Waals surface area contributed by atoms with Gasteiger partial charge in [-0.25, -0.2) is 4.39 Å². The van der Waals surface area contributed by atoms with Crippen molar-refractivity contribution in [2.45, 2.75) is 19.8 Å². The summed E-state index contributed by atoms with van der Waals surface area (Å²) in [6.07, 6.45) is 1.80. The zero-order valence-electron chi connectivity index (χ0n) is 11.0. The summed E-state index contributed by atoms with van der Waals surface area (Å²) < 4.78 is 18.9. The van der Waals surface area contributed by atoms with Gasteiger partial charge in [-0.3, -0.25) is 4.79 Å². The average molecular weight is 266 g/mol. The molecule has 0 saturated carbocycles. The molecule has 1 aromatic carbocycles. The van der Waals surface area contributed by atoms with Gasteiger partial charge in [0.05, 0.1) is 5.56 Å². The summed E-state index contributed by atoms with van der Waals surface area (Å²) in [5.41, 5.74) is 5.82. The number of nitrogens with one attached hydrogen (secondary N) is 1. The number of carbonyl (C=O) groups excluding carboxylic acids is 1. The van der Waals surface area contributed by atoms with E-state index in [1.54, 1.807) is 0 Å². The Labute approximate surface area is 112 Å². The lowest BCUT2D eigenvalue weighted by Crippen LogP contribution is -2.39. The highest BCUT2D eigenvalue weighted by Crippen LogP contribution is 2.28. The van der Waals surface area contributed by atoms with Crippen molar-refractivity contribution in [2.24, 2.45) is 5.41 Å². The van der Waals surface area contributed by atoms with Gasteiger partial charge in [-0.2, -0.15) is 0 Å². The van der Waals surface area contributed by atoms with E-state index in [9.17, 15) is 9.18 Å². The van der Waals surface area contributed by atoms with Gasteiger partial charge in [0.1, 0.15) is 5.82 Å². The monoisotopic (exact) mass is 266 g/mol. The molecule has 1 aromatic rings. The molecule has 3 N–H and O–H groups in total. The van der Waals surface area contributed by atoms with E-state index in [2.05, 4.69) is 12.2 Å². The van der Waals surface area contributed by atoms with Gasteiger partial charge in [0.25, 0.3) is 5.91 Å². The van der Waals surface area contributed by atoms with Crippen molar-refractivity contribution in [2.75, 3.05) is 25.5 Å². The van der Waals surface area contributed by atoms with Crippen LogP contribution in [-0.2, 0) is 4.74 Å². The molecule has 0 unspecified atom stereocenters. The summed E-state index contributed by atoms with van der Waals surface area (Å²) in [6.45, 7) is 4.05. The molecule has 1 fully saturated rings. The van der Waals surface area contributed by atoms with Crippen LogP contribution in [0.15, 0.2) is 18.2 Å². The topological polar surface area (TPSA) is 64.4 Å². The summed E-state index contributed by atoms with van der Waals surface area (Å²) in [6, 6.07) is 4.09. The van der Waals surface area contributed by atoms with E-state index in [1.165, 1.54) is 12.1 Å². The normalized spacial score (nSPS) is 18.0. The zero-order chi connectivity index (χ0) is 13.9. The largest absolute Gasteiger partial charge is 0.399 e. The number of anilines is 1. The van der Waals surface area contributed by atoms with Crippen molar-refractivity contribution in [3.63, 3.8) is 0 Å². The fourth-order valence-electron chi connectivity index (χ4n) is 2.15. The minimum Gasteiger partial charge on any atom is -0.399 e. The zero-order valence-corrected chi connectivity index (χ0v) is 11.0. The van der Waals surface area contributed by atoms with Gasteiger partial charge in [0.15, 0.2) is 0 Å². The van der Waals surface area contributed by atoms with E-state index >= 15 is 0 Å². The van der Waals surface area contributed by atoms with E-state index < -0.39 is 11.7 Å². The molecule has 0 aliphatic carbocycles. The second kappa shape index (κ2) is 5.57. The van der Waals surface area contributed by atoms with Crippen LogP contribution in [0.1, 0.15) is 30.1 Å². The minimum atomic E-state index is -0.588. The third-order valence-corrected chi connectivity index (χ3v) is 3.61. The number of nitrogens with two attached hydrogens (primary N) is 1. The number of benzene rings is 1. The maximum absolute atomic E-state index is 13.6. The third-order valence-electron chi connectivity index (χ3n) is 3.61. The fraction of sp³-hybridized carbons (Fsp3) is 0.500. The quantitative estimate of drug-likeness (QED) is 0.822. The molecule has 4 nitrogen and oxygen atoms in total. The number of rotatable bonds is 3. The van der Waals surface area contributed by atoms with Crippen LogP contribution >= 0.6 is 0 Å². The standard InChI is InChI=1S/C14H19FN2O2/c1-14(4-6-19-7-5-14)9-17-13(18)11-3-2-10(16)8-12(11)15/h2-3,8H,4-7,9,16H2,1H3,(H,17,18). The molecule has 19 heavy (non-hydrogen) atoms. The summed E-state index contributed by atoms with van der Waals surface area (Å²) in [5.74, 6) is -0.986. The molecule has 1 saturated heterocycles. The predicted molar refractivity (Wildman–Crippen MR) is 71.3 cm³/mol. The van der Waals surface area contributed by atoms with E-state index in [4.69, 9.17) is 10.5 Å². The van der Waals surface area contributed by atoms with Crippen LogP contribution in [0.5, 0.6) is 0 Å². The van der Waals surface area contributed by atoms with Crippen LogP contribution < -0.4 is 11.1 Å². The number of hydrogen-bond donors (Lipinski definition) is 2. The first kappa shape index (κ1) is 13.8. The Morgan fingerprint density at radius 2 is 2.16 bits per heavy atom. The Bertz CT molecular complexity index is 471. The van der Waals surface area contributed by atoms with E-state index in [0.29, 0.717) is 25.4 Å². The van der Waals surface area contributed by atoms with E-state index in [0.717, 1.165) is 18.9 Å². The van der Waals surface area contributed by atoms with Crippen LogP contribution in [0.25, 0.3) is 0 Å². The molecular weight excluding hydrogens is 247 g/mol. The molecular formula is C14H19FN2O2. The van der Waals surface area contributed by atoms with Gasteiger partial charge in [0, 0.05) is 25.4 Å². The lowest BCUT2D eigenvalue weighted by molar-refractivity contribution is 0.0238. The molecule has 0 atom stereocenters. The van der Waals surface area contributed by atoms with Crippen molar-refractivity contribution in [3.05, 3.63) is 29.6 Å². The predicted octanol–water partition coefficient (Wildman–Crippen LogP) is 1.95. The third kappa shape index (κ3) is 3.44. The Hall–Kier alpha value is -1.62. The molecule has 1 aliphatic heterocycles. The molecule has 0 aromatic heterocycles. The fourth-order valence-corrected chi connectivity index (χ4v) is 2.15. The smallest absolute Gasteiger partial charge is 0.254 e. The molecule has 0 spiro atoms. The number of carbonyl (C=O) groups is 1. The highest BCUT2D eigenvalue weighted by Gasteiger charge is 2.28. The first-order valence-electron chi connectivity index (χ1n) is 6.41. The van der Waals surface area contributed by atoms with Crippen LogP contribution in [0.3, 0.4) is 0 Å². The van der Waals surface area contributed by atoms with Crippen molar-refractivity contribution in [1.82, 2.24) is 5.32 Å². The van der Waals surface area contributed by atoms with Crippen LogP contribution in [0.2, 0.25) is 0 Å². The molecule has 1 heterocycles. The summed E-state index contributed by atoms with van der Waals surface area (Å²) in [7, 11) is 0. The molecule has 0 radical (unpaired) electrons. The van der Waals surface area contributed by atoms with Gasteiger partial charge >= 0.3 is 0 Å². The van der Waals surface area contributed by atoms with Gasteiger partial charge in [-0.15, -0.1) is 0 Å².